The van der Waals surface area contributed by atoms with E-state index in [1.807, 2.05) is 26.0 Å². The Balaban J connectivity index is 2.13. The SMILES string of the molecule is Cc1cc(C)c(O)c(C=NNc2ccc(S(N)(=O)=O)cc2)c1. The van der Waals surface area contributed by atoms with Crippen molar-refractivity contribution in [2.75, 3.05) is 5.43 Å². The maximum atomic E-state index is 11.1. The number of nitrogens with zero attached hydrogens (tertiary/aromatic N) is 1. The smallest absolute Gasteiger partial charge is 0.238 e. The molecule has 0 heterocycles. The standard InChI is InChI=1S/C15H17N3O3S/c1-10-7-11(2)15(19)12(8-10)9-17-18-13-3-5-14(6-4-13)22(16,20)21/h3-9,18-19H,1-2H3,(H2,16,20,21). The average molecular weight is 319 g/mol. The summed E-state index contributed by atoms with van der Waals surface area (Å²) in [4.78, 5) is 0.0361. The molecular formula is C15H17N3O3S. The number of nitrogens with one attached hydrogen (secondary N) is 1. The molecule has 0 aliphatic rings. The molecule has 0 bridgehead atoms. The van der Waals surface area contributed by atoms with Crippen molar-refractivity contribution in [1.82, 2.24) is 0 Å². The van der Waals surface area contributed by atoms with Gasteiger partial charge < -0.3 is 5.11 Å². The summed E-state index contributed by atoms with van der Waals surface area (Å²) >= 11 is 0. The molecule has 2 aromatic rings. The molecule has 116 valence electrons. The van der Waals surface area contributed by atoms with Crippen LogP contribution in [0, 0.1) is 13.8 Å². The average Bonchev–Trinajstić information content (AvgIpc) is 2.43. The first-order valence-corrected chi connectivity index (χ1v) is 8.04. The van der Waals surface area contributed by atoms with Crippen molar-refractivity contribution in [2.45, 2.75) is 18.7 Å². The molecule has 0 atom stereocenters. The molecule has 6 nitrogen and oxygen atoms in total. The van der Waals surface area contributed by atoms with E-state index in [0.29, 0.717) is 11.3 Å². The second-order valence-corrected chi connectivity index (χ2v) is 6.52. The molecule has 2 aromatic carbocycles. The van der Waals surface area contributed by atoms with E-state index in [4.69, 9.17) is 5.14 Å². The van der Waals surface area contributed by atoms with E-state index < -0.39 is 10.0 Å². The third kappa shape index (κ3) is 3.84. The summed E-state index contributed by atoms with van der Waals surface area (Å²) in [6.07, 6.45) is 1.50. The van der Waals surface area contributed by atoms with Gasteiger partial charge in [-0.15, -0.1) is 0 Å². The molecule has 0 saturated heterocycles. The molecule has 2 rings (SSSR count). The first kappa shape index (κ1) is 16.0. The molecule has 0 amide bonds. The minimum absolute atomic E-state index is 0.0361. The Morgan fingerprint density at radius 1 is 1.18 bits per heavy atom. The topological polar surface area (TPSA) is 105 Å². The van der Waals surface area contributed by atoms with Crippen LogP contribution in [-0.2, 0) is 10.0 Å². The van der Waals surface area contributed by atoms with Gasteiger partial charge in [0.1, 0.15) is 5.75 Å². The van der Waals surface area contributed by atoms with Crippen LogP contribution >= 0.6 is 0 Å². The summed E-state index contributed by atoms with van der Waals surface area (Å²) in [7, 11) is -3.70. The van der Waals surface area contributed by atoms with Crippen LogP contribution in [0.15, 0.2) is 46.4 Å². The molecule has 7 heteroatoms. The predicted molar refractivity (Wildman–Crippen MR) is 86.6 cm³/mol. The number of phenolic OH excluding ortho intramolecular Hbond substituents is 1. The number of sulfonamides is 1. The van der Waals surface area contributed by atoms with Crippen LogP contribution in [0.2, 0.25) is 0 Å². The number of benzene rings is 2. The van der Waals surface area contributed by atoms with Crippen LogP contribution in [0.25, 0.3) is 0 Å². The van der Waals surface area contributed by atoms with Gasteiger partial charge in [-0.3, -0.25) is 5.43 Å². The fourth-order valence-electron chi connectivity index (χ4n) is 1.99. The predicted octanol–water partition coefficient (Wildman–Crippen LogP) is 2.10. The zero-order valence-electron chi connectivity index (χ0n) is 12.2. The van der Waals surface area contributed by atoms with Gasteiger partial charge >= 0.3 is 0 Å². The Labute approximate surface area is 129 Å². The van der Waals surface area contributed by atoms with E-state index in [9.17, 15) is 13.5 Å². The lowest BCUT2D eigenvalue weighted by molar-refractivity contribution is 0.470. The molecule has 0 saturated carbocycles. The van der Waals surface area contributed by atoms with Crippen LogP contribution in [0.1, 0.15) is 16.7 Å². The minimum atomic E-state index is -3.70. The maximum absolute atomic E-state index is 11.1. The Hall–Kier alpha value is -2.38. The second kappa shape index (κ2) is 6.17. The normalized spacial score (nSPS) is 11.8. The first-order valence-electron chi connectivity index (χ1n) is 6.49. The Morgan fingerprint density at radius 3 is 2.41 bits per heavy atom. The summed E-state index contributed by atoms with van der Waals surface area (Å²) in [5.74, 6) is 0.181. The summed E-state index contributed by atoms with van der Waals surface area (Å²) in [6.45, 7) is 3.75. The van der Waals surface area contributed by atoms with Crippen molar-refractivity contribution in [3.63, 3.8) is 0 Å². The number of rotatable bonds is 4. The van der Waals surface area contributed by atoms with Crippen LogP contribution in [0.3, 0.4) is 0 Å². The molecule has 0 spiro atoms. The highest BCUT2D eigenvalue weighted by molar-refractivity contribution is 7.89. The molecule has 22 heavy (non-hydrogen) atoms. The lowest BCUT2D eigenvalue weighted by Crippen LogP contribution is -2.11. The van der Waals surface area contributed by atoms with Crippen LogP contribution < -0.4 is 10.6 Å². The minimum Gasteiger partial charge on any atom is -0.507 e. The molecular weight excluding hydrogens is 302 g/mol. The van der Waals surface area contributed by atoms with Crippen LogP contribution in [-0.4, -0.2) is 19.7 Å². The third-order valence-corrected chi connectivity index (χ3v) is 3.98. The number of nitrogens with two attached hydrogens (primary N) is 1. The van der Waals surface area contributed by atoms with E-state index in [2.05, 4.69) is 10.5 Å². The zero-order valence-corrected chi connectivity index (χ0v) is 13.1. The van der Waals surface area contributed by atoms with Gasteiger partial charge in [-0.05, 0) is 55.3 Å². The quantitative estimate of drug-likeness (QED) is 0.593. The fourth-order valence-corrected chi connectivity index (χ4v) is 2.50. The Morgan fingerprint density at radius 2 is 1.82 bits per heavy atom. The molecule has 0 radical (unpaired) electrons. The van der Waals surface area contributed by atoms with E-state index in [-0.39, 0.29) is 10.6 Å². The van der Waals surface area contributed by atoms with Gasteiger partial charge in [-0.2, -0.15) is 5.10 Å². The van der Waals surface area contributed by atoms with Crippen molar-refractivity contribution in [3.05, 3.63) is 53.1 Å². The summed E-state index contributed by atoms with van der Waals surface area (Å²) in [5, 5.41) is 19.0. The number of anilines is 1. The molecule has 4 N–H and O–H groups in total. The zero-order chi connectivity index (χ0) is 16.3. The summed E-state index contributed by atoms with van der Waals surface area (Å²) in [6, 6.07) is 9.59. The lowest BCUT2D eigenvalue weighted by Gasteiger charge is -2.05. The third-order valence-electron chi connectivity index (χ3n) is 3.05. The molecule has 0 unspecified atom stereocenters. The Kier molecular flexibility index (Phi) is 4.48. The number of aryl methyl sites for hydroxylation is 2. The largest absolute Gasteiger partial charge is 0.507 e. The van der Waals surface area contributed by atoms with Gasteiger partial charge in [0.25, 0.3) is 0 Å². The number of hydrogen-bond donors (Lipinski definition) is 3. The highest BCUT2D eigenvalue weighted by Crippen LogP contribution is 2.22. The van der Waals surface area contributed by atoms with Crippen LogP contribution in [0.4, 0.5) is 5.69 Å². The van der Waals surface area contributed by atoms with Gasteiger partial charge in [-0.25, -0.2) is 13.6 Å². The number of hydrazone groups is 1. The molecule has 0 aliphatic carbocycles. The van der Waals surface area contributed by atoms with Crippen LogP contribution in [0.5, 0.6) is 5.75 Å². The summed E-state index contributed by atoms with van der Waals surface area (Å²) in [5.41, 5.74) is 5.77. The Bertz CT molecular complexity index is 813. The van der Waals surface area contributed by atoms with Gasteiger partial charge in [0.2, 0.25) is 10.0 Å². The summed E-state index contributed by atoms with van der Waals surface area (Å²) < 4.78 is 22.3. The number of primary sulfonamides is 1. The van der Waals surface area contributed by atoms with Crippen molar-refractivity contribution in [3.8, 4) is 5.75 Å². The highest BCUT2D eigenvalue weighted by atomic mass is 32.2. The fraction of sp³-hybridized carbons (Fsp3) is 0.133. The monoisotopic (exact) mass is 319 g/mol. The van der Waals surface area contributed by atoms with Crippen molar-refractivity contribution in [1.29, 1.82) is 0 Å². The maximum Gasteiger partial charge on any atom is 0.238 e. The molecule has 0 aliphatic heterocycles. The van der Waals surface area contributed by atoms with Gasteiger partial charge in [0, 0.05) is 5.56 Å². The van der Waals surface area contributed by atoms with Gasteiger partial charge in [0.15, 0.2) is 0 Å². The molecule has 0 fully saturated rings. The number of phenols is 1. The lowest BCUT2D eigenvalue weighted by atomic mass is 10.1. The van der Waals surface area contributed by atoms with E-state index in [1.54, 1.807) is 12.1 Å². The van der Waals surface area contributed by atoms with Gasteiger partial charge in [-0.1, -0.05) is 6.07 Å². The van der Waals surface area contributed by atoms with E-state index in [1.165, 1.54) is 18.3 Å². The van der Waals surface area contributed by atoms with Crippen molar-refractivity contribution < 1.29 is 13.5 Å². The second-order valence-electron chi connectivity index (χ2n) is 4.96. The number of hydrogen-bond acceptors (Lipinski definition) is 5. The van der Waals surface area contributed by atoms with Gasteiger partial charge in [0.05, 0.1) is 16.8 Å². The highest BCUT2D eigenvalue weighted by Gasteiger charge is 2.06. The molecule has 0 aromatic heterocycles. The van der Waals surface area contributed by atoms with Crippen molar-refractivity contribution >= 4 is 21.9 Å². The van der Waals surface area contributed by atoms with Crippen molar-refractivity contribution in [2.24, 2.45) is 10.2 Å². The number of aromatic hydroxyl groups is 1. The van der Waals surface area contributed by atoms with E-state index >= 15 is 0 Å². The van der Waals surface area contributed by atoms with E-state index in [0.717, 1.165) is 11.1 Å². The first-order chi connectivity index (χ1) is 10.3.